The topological polar surface area (TPSA) is 115 Å². The van der Waals surface area contributed by atoms with Crippen LogP contribution in [0, 0.1) is 33.5 Å². The van der Waals surface area contributed by atoms with Gasteiger partial charge in [-0.15, -0.1) is 0 Å². The SMILES string of the molecule is COc1ccc([C@@]2(C)[C@]3(C#N)C(N)=[NH+][C@@]4(OCCS4)[C@@]32C#N)cc1OC. The maximum atomic E-state index is 10.3. The van der Waals surface area contributed by atoms with Crippen LogP contribution in [0.15, 0.2) is 18.2 Å². The number of ether oxygens (including phenoxy) is 3. The van der Waals surface area contributed by atoms with E-state index in [-0.39, 0.29) is 5.84 Å². The van der Waals surface area contributed by atoms with Crippen molar-refractivity contribution in [3.8, 4) is 23.6 Å². The van der Waals surface area contributed by atoms with Crippen molar-refractivity contribution in [1.29, 1.82) is 10.5 Å². The Morgan fingerprint density at radius 2 is 1.96 bits per heavy atom. The van der Waals surface area contributed by atoms with E-state index in [4.69, 9.17) is 19.9 Å². The number of hydrogen-bond donors (Lipinski definition) is 2. The summed E-state index contributed by atoms with van der Waals surface area (Å²) in [6.45, 7) is 2.40. The van der Waals surface area contributed by atoms with Crippen LogP contribution in [0.3, 0.4) is 0 Å². The highest BCUT2D eigenvalue weighted by Gasteiger charge is 3.02. The van der Waals surface area contributed by atoms with Gasteiger partial charge in [0.2, 0.25) is 0 Å². The van der Waals surface area contributed by atoms with Crippen molar-refractivity contribution < 1.29 is 19.2 Å². The second kappa shape index (κ2) is 5.06. The number of hydrogen-bond acceptors (Lipinski definition) is 7. The minimum absolute atomic E-state index is 0.285. The van der Waals surface area contributed by atoms with Crippen molar-refractivity contribution in [1.82, 2.24) is 0 Å². The Morgan fingerprint density at radius 3 is 2.50 bits per heavy atom. The molecule has 4 rings (SSSR count). The lowest BCUT2D eigenvalue weighted by atomic mass is 9.85. The molecular formula is C18H19N4O3S+. The van der Waals surface area contributed by atoms with E-state index >= 15 is 0 Å². The molecule has 0 aromatic heterocycles. The molecule has 1 saturated carbocycles. The van der Waals surface area contributed by atoms with Crippen LogP contribution in [-0.2, 0) is 10.2 Å². The average Bonchev–Trinajstić information content (AvgIpc) is 2.94. The van der Waals surface area contributed by atoms with Gasteiger partial charge in [-0.05, 0) is 17.7 Å². The fraction of sp³-hybridized carbons (Fsp3) is 0.500. The first-order valence-corrected chi connectivity index (χ1v) is 9.17. The van der Waals surface area contributed by atoms with Crippen LogP contribution in [0.5, 0.6) is 11.5 Å². The standard InChI is InChI=1S/C18H18N4O3S/c1-15(11-4-5-12(23-2)13(8-11)24-3)16(9-19)14(21)22-18(17(15,16)10-20)25-6-7-26-18/h4-5,8H,6-7H2,1-3H3,(H2,21,22)/p+1/t15-,16-,17+,18+/m0/s1. The van der Waals surface area contributed by atoms with Gasteiger partial charge >= 0.3 is 0 Å². The quantitative estimate of drug-likeness (QED) is 0.760. The monoisotopic (exact) mass is 371 g/mol. The summed E-state index contributed by atoms with van der Waals surface area (Å²) in [5, 5.41) is 19.4. The van der Waals surface area contributed by atoms with Crippen molar-refractivity contribution in [3.63, 3.8) is 0 Å². The normalized spacial score (nSPS) is 39.7. The Kier molecular flexibility index (Phi) is 3.31. The largest absolute Gasteiger partial charge is 0.493 e. The fourth-order valence-corrected chi connectivity index (χ4v) is 6.36. The smallest absolute Gasteiger partial charge is 0.278 e. The van der Waals surface area contributed by atoms with Crippen molar-refractivity contribution in [2.75, 3.05) is 26.6 Å². The van der Waals surface area contributed by atoms with Gasteiger partial charge in [0.05, 0.1) is 38.4 Å². The molecule has 1 spiro atoms. The Morgan fingerprint density at radius 1 is 1.23 bits per heavy atom. The van der Waals surface area contributed by atoms with Gasteiger partial charge in [0, 0.05) is 5.75 Å². The molecule has 1 saturated heterocycles. The van der Waals surface area contributed by atoms with Crippen molar-refractivity contribution in [2.24, 2.45) is 16.6 Å². The van der Waals surface area contributed by atoms with Gasteiger partial charge < -0.3 is 14.2 Å². The van der Waals surface area contributed by atoms with E-state index in [1.807, 2.05) is 19.1 Å². The summed E-state index contributed by atoms with van der Waals surface area (Å²) in [4.78, 5) is 3.12. The molecule has 0 amide bonds. The Hall–Kier alpha value is -2.42. The lowest BCUT2D eigenvalue weighted by molar-refractivity contribution is -0.584. The lowest BCUT2D eigenvalue weighted by Gasteiger charge is -2.28. The second-order valence-corrected chi connectivity index (χ2v) is 8.04. The number of amidine groups is 1. The summed E-state index contributed by atoms with van der Waals surface area (Å²) < 4.78 is 16.7. The molecule has 8 heteroatoms. The van der Waals surface area contributed by atoms with Crippen molar-refractivity contribution in [2.45, 2.75) is 17.4 Å². The lowest BCUT2D eigenvalue weighted by Crippen LogP contribution is -2.88. The second-order valence-electron chi connectivity index (χ2n) is 6.77. The molecule has 3 aliphatic rings. The zero-order valence-corrected chi connectivity index (χ0v) is 15.6. The summed E-state index contributed by atoms with van der Waals surface area (Å²) in [7, 11) is 3.11. The molecule has 134 valence electrons. The van der Waals surface area contributed by atoms with Crippen LogP contribution in [0.1, 0.15) is 12.5 Å². The predicted octanol–water partition coefficient (Wildman–Crippen LogP) is -0.136. The van der Waals surface area contributed by atoms with Crippen LogP contribution in [-0.4, -0.2) is 37.5 Å². The number of nitrogens with one attached hydrogen (secondary N) is 1. The number of nitrogens with zero attached hydrogens (tertiary/aromatic N) is 2. The van der Waals surface area contributed by atoms with E-state index in [9.17, 15) is 10.5 Å². The van der Waals surface area contributed by atoms with Crippen LogP contribution in [0.2, 0.25) is 0 Å². The number of methoxy groups -OCH3 is 2. The first-order valence-electron chi connectivity index (χ1n) is 8.18. The third-order valence-corrected chi connectivity index (χ3v) is 7.49. The molecule has 7 nitrogen and oxygen atoms in total. The number of fused-ring (bicyclic) bond motifs is 2. The molecule has 1 aromatic carbocycles. The molecule has 4 atom stereocenters. The van der Waals surface area contributed by atoms with Gasteiger partial charge in [-0.3, -0.25) is 5.73 Å². The van der Waals surface area contributed by atoms with Crippen LogP contribution < -0.4 is 20.2 Å². The third kappa shape index (κ3) is 1.41. The number of thioether (sulfide) groups is 1. The highest BCUT2D eigenvalue weighted by Crippen LogP contribution is 2.84. The van der Waals surface area contributed by atoms with E-state index in [0.717, 1.165) is 11.3 Å². The van der Waals surface area contributed by atoms with E-state index in [1.165, 1.54) is 11.8 Å². The van der Waals surface area contributed by atoms with Gasteiger partial charge in [0.1, 0.15) is 0 Å². The highest BCUT2D eigenvalue weighted by atomic mass is 32.2. The highest BCUT2D eigenvalue weighted by molar-refractivity contribution is 8.00. The molecule has 2 aliphatic heterocycles. The van der Waals surface area contributed by atoms with E-state index in [0.29, 0.717) is 18.1 Å². The fourth-order valence-electron chi connectivity index (χ4n) is 4.94. The Bertz CT molecular complexity index is 914. The summed E-state index contributed by atoms with van der Waals surface area (Å²) in [5.74, 6) is 2.14. The van der Waals surface area contributed by atoms with Gasteiger partial charge in [0.15, 0.2) is 22.3 Å². The number of nitriles is 2. The van der Waals surface area contributed by atoms with Crippen molar-refractivity contribution in [3.05, 3.63) is 23.8 Å². The third-order valence-electron chi connectivity index (χ3n) is 6.19. The minimum Gasteiger partial charge on any atom is -0.493 e. The summed E-state index contributed by atoms with van der Waals surface area (Å²) >= 11 is 1.49. The molecule has 0 unspecified atom stereocenters. The van der Waals surface area contributed by atoms with Gasteiger partial charge in [0.25, 0.3) is 10.9 Å². The maximum absolute atomic E-state index is 10.3. The maximum Gasteiger partial charge on any atom is 0.278 e. The van der Waals surface area contributed by atoms with E-state index in [2.05, 4.69) is 17.1 Å². The summed E-state index contributed by atoms with van der Waals surface area (Å²) in [6, 6.07) is 10.2. The molecule has 0 radical (unpaired) electrons. The van der Waals surface area contributed by atoms with E-state index in [1.54, 1.807) is 20.3 Å². The van der Waals surface area contributed by atoms with Crippen molar-refractivity contribution >= 4 is 17.6 Å². The Labute approximate surface area is 155 Å². The summed E-state index contributed by atoms with van der Waals surface area (Å²) in [5.41, 5.74) is 3.91. The molecule has 2 heterocycles. The molecule has 2 fully saturated rings. The van der Waals surface area contributed by atoms with Crippen LogP contribution in [0.4, 0.5) is 0 Å². The number of benzene rings is 1. The average molecular weight is 371 g/mol. The first-order chi connectivity index (χ1) is 12.4. The number of nitrogens with two attached hydrogens (primary N) is 1. The first kappa shape index (κ1) is 17.0. The van der Waals surface area contributed by atoms with Gasteiger partial charge in [-0.25, -0.2) is 4.99 Å². The van der Waals surface area contributed by atoms with E-state index < -0.39 is 21.3 Å². The van der Waals surface area contributed by atoms with Crippen LogP contribution >= 0.6 is 11.8 Å². The summed E-state index contributed by atoms with van der Waals surface area (Å²) in [6.07, 6.45) is 0. The van der Waals surface area contributed by atoms with Gasteiger partial charge in [-0.1, -0.05) is 24.8 Å². The molecule has 0 bridgehead atoms. The molecular weight excluding hydrogens is 352 g/mol. The molecule has 3 N–H and O–H groups in total. The van der Waals surface area contributed by atoms with Gasteiger partial charge in [-0.2, -0.15) is 10.5 Å². The Balaban J connectivity index is 1.97. The minimum atomic E-state index is -1.19. The molecule has 1 aliphatic carbocycles. The van der Waals surface area contributed by atoms with Crippen LogP contribution in [0.25, 0.3) is 0 Å². The number of rotatable bonds is 3. The molecule has 26 heavy (non-hydrogen) atoms. The molecule has 1 aromatic rings. The zero-order valence-electron chi connectivity index (χ0n) is 14.8. The predicted molar refractivity (Wildman–Crippen MR) is 94.3 cm³/mol. The zero-order chi connectivity index (χ0) is 18.8.